The van der Waals surface area contributed by atoms with Crippen molar-refractivity contribution in [2.24, 2.45) is 0 Å². The smallest absolute Gasteiger partial charge is 0.245 e. The second-order valence-electron chi connectivity index (χ2n) is 4.50. The van der Waals surface area contributed by atoms with E-state index in [0.717, 1.165) is 26.2 Å². The van der Waals surface area contributed by atoms with Crippen LogP contribution in [0.15, 0.2) is 30.3 Å². The number of hydrogen-bond acceptors (Lipinski definition) is 5. The average molecular weight is 310 g/mol. The molecule has 1 aromatic carbocycles. The molecule has 0 saturated carbocycles. The van der Waals surface area contributed by atoms with Crippen LogP contribution in [0.5, 0.6) is 0 Å². The number of para-hydroxylation sites is 1. The minimum atomic E-state index is 0.120. The molecule has 1 fully saturated rings. The third-order valence-corrected chi connectivity index (χ3v) is 3.71. The third-order valence-electron chi connectivity index (χ3n) is 3.30. The van der Waals surface area contributed by atoms with Crippen LogP contribution in [0.1, 0.15) is 0 Å². The zero-order chi connectivity index (χ0) is 13.9. The summed E-state index contributed by atoms with van der Waals surface area (Å²) in [5.41, 5.74) is 1.23. The Balaban J connectivity index is 1.71. The van der Waals surface area contributed by atoms with Crippen molar-refractivity contribution in [2.75, 3.05) is 36.0 Å². The van der Waals surface area contributed by atoms with E-state index in [2.05, 4.69) is 37.1 Å². The lowest BCUT2D eigenvalue weighted by Gasteiger charge is -2.36. The average Bonchev–Trinajstić information content (AvgIpc) is 2.51. The van der Waals surface area contributed by atoms with Crippen molar-refractivity contribution in [3.05, 3.63) is 40.8 Å². The summed E-state index contributed by atoms with van der Waals surface area (Å²) in [6.45, 7) is 3.46. The molecular formula is C13H13Cl2N5. The first-order valence-electron chi connectivity index (χ1n) is 6.35. The second kappa shape index (κ2) is 5.81. The van der Waals surface area contributed by atoms with Gasteiger partial charge in [0.25, 0.3) is 0 Å². The number of halogens is 2. The number of nitrogens with zero attached hydrogens (tertiary/aromatic N) is 5. The van der Waals surface area contributed by atoms with E-state index >= 15 is 0 Å². The van der Waals surface area contributed by atoms with Gasteiger partial charge in [-0.3, -0.25) is 0 Å². The molecule has 0 N–H and O–H groups in total. The summed E-state index contributed by atoms with van der Waals surface area (Å²) < 4.78 is 0. The normalized spacial score (nSPS) is 15.5. The summed E-state index contributed by atoms with van der Waals surface area (Å²) in [6.07, 6.45) is 0. The molecule has 1 aromatic heterocycles. The Morgan fingerprint density at radius 1 is 0.850 bits per heavy atom. The van der Waals surface area contributed by atoms with Gasteiger partial charge < -0.3 is 9.80 Å². The van der Waals surface area contributed by atoms with Crippen LogP contribution in [-0.4, -0.2) is 41.4 Å². The van der Waals surface area contributed by atoms with Crippen LogP contribution in [-0.2, 0) is 0 Å². The molecule has 0 atom stereocenters. The van der Waals surface area contributed by atoms with Crippen molar-refractivity contribution in [1.82, 2.24) is 15.2 Å². The van der Waals surface area contributed by atoms with Gasteiger partial charge in [0.1, 0.15) is 0 Å². The fraction of sp³-hybridized carbons (Fsp3) is 0.308. The number of benzene rings is 1. The summed E-state index contributed by atoms with van der Waals surface area (Å²) in [7, 11) is 0. The molecule has 0 unspecified atom stereocenters. The van der Waals surface area contributed by atoms with E-state index in [0.29, 0.717) is 11.0 Å². The number of aromatic nitrogens is 3. The summed E-state index contributed by atoms with van der Waals surface area (Å²) in [5.74, 6) is 0.611. The largest absolute Gasteiger partial charge is 0.368 e. The Bertz CT molecular complexity index is 585. The highest BCUT2D eigenvalue weighted by Crippen LogP contribution is 2.24. The lowest BCUT2D eigenvalue weighted by atomic mass is 10.2. The molecule has 104 valence electrons. The van der Waals surface area contributed by atoms with Crippen molar-refractivity contribution in [3.8, 4) is 0 Å². The molecule has 0 amide bonds. The van der Waals surface area contributed by atoms with Gasteiger partial charge in [-0.15, -0.1) is 10.2 Å². The van der Waals surface area contributed by atoms with Crippen molar-refractivity contribution in [3.63, 3.8) is 0 Å². The maximum atomic E-state index is 6.03. The third kappa shape index (κ3) is 2.78. The summed E-state index contributed by atoms with van der Waals surface area (Å²) in [5, 5.41) is 7.84. The van der Waals surface area contributed by atoms with Gasteiger partial charge in [0.2, 0.25) is 5.28 Å². The fourth-order valence-electron chi connectivity index (χ4n) is 2.30. The fourth-order valence-corrected chi connectivity index (χ4v) is 2.62. The number of rotatable bonds is 2. The minimum Gasteiger partial charge on any atom is -0.368 e. The quantitative estimate of drug-likeness (QED) is 0.853. The molecule has 0 bridgehead atoms. The van der Waals surface area contributed by atoms with E-state index < -0.39 is 0 Å². The Hall–Kier alpha value is -1.59. The minimum absolute atomic E-state index is 0.120. The van der Waals surface area contributed by atoms with Gasteiger partial charge in [-0.25, -0.2) is 0 Å². The van der Waals surface area contributed by atoms with Gasteiger partial charge in [0, 0.05) is 31.9 Å². The highest BCUT2D eigenvalue weighted by Gasteiger charge is 2.21. The zero-order valence-electron chi connectivity index (χ0n) is 10.7. The van der Waals surface area contributed by atoms with E-state index in [9.17, 15) is 0 Å². The van der Waals surface area contributed by atoms with E-state index in [1.807, 2.05) is 18.2 Å². The van der Waals surface area contributed by atoms with Gasteiger partial charge >= 0.3 is 0 Å². The summed E-state index contributed by atoms with van der Waals surface area (Å²) in [4.78, 5) is 8.58. The molecule has 5 nitrogen and oxygen atoms in total. The van der Waals surface area contributed by atoms with E-state index in [4.69, 9.17) is 23.2 Å². The molecule has 7 heteroatoms. The van der Waals surface area contributed by atoms with E-state index in [1.165, 1.54) is 5.69 Å². The number of piperazine rings is 1. The van der Waals surface area contributed by atoms with Crippen molar-refractivity contribution in [2.45, 2.75) is 0 Å². The Kier molecular flexibility index (Phi) is 3.89. The second-order valence-corrected chi connectivity index (χ2v) is 5.20. The highest BCUT2D eigenvalue weighted by molar-refractivity contribution is 6.32. The van der Waals surface area contributed by atoms with Crippen molar-refractivity contribution < 1.29 is 0 Å². The molecule has 0 radical (unpaired) electrons. The van der Waals surface area contributed by atoms with Crippen LogP contribution in [0.3, 0.4) is 0 Å². The van der Waals surface area contributed by atoms with Crippen LogP contribution >= 0.6 is 23.2 Å². The first-order chi connectivity index (χ1) is 9.74. The molecule has 3 rings (SSSR count). The van der Waals surface area contributed by atoms with Gasteiger partial charge in [0.05, 0.1) is 0 Å². The zero-order valence-corrected chi connectivity index (χ0v) is 12.2. The number of anilines is 2. The first-order valence-corrected chi connectivity index (χ1v) is 7.10. The Morgan fingerprint density at radius 3 is 2.20 bits per heavy atom. The molecular weight excluding hydrogens is 297 g/mol. The Morgan fingerprint density at radius 2 is 1.50 bits per heavy atom. The molecule has 2 aromatic rings. The van der Waals surface area contributed by atoms with Crippen LogP contribution in [0.2, 0.25) is 10.4 Å². The van der Waals surface area contributed by atoms with Crippen molar-refractivity contribution >= 4 is 34.7 Å². The monoisotopic (exact) mass is 309 g/mol. The maximum absolute atomic E-state index is 6.03. The maximum Gasteiger partial charge on any atom is 0.245 e. The SMILES string of the molecule is Clc1nnc(Cl)c(N2CCN(c3ccccc3)CC2)n1. The van der Waals surface area contributed by atoms with Gasteiger partial charge in [-0.2, -0.15) is 4.98 Å². The van der Waals surface area contributed by atoms with Gasteiger partial charge in [-0.1, -0.05) is 29.8 Å². The summed E-state index contributed by atoms with van der Waals surface area (Å²) >= 11 is 11.8. The topological polar surface area (TPSA) is 45.2 Å². The highest BCUT2D eigenvalue weighted by atomic mass is 35.5. The molecule has 20 heavy (non-hydrogen) atoms. The van der Waals surface area contributed by atoms with Gasteiger partial charge in [-0.05, 0) is 23.7 Å². The van der Waals surface area contributed by atoms with Crippen LogP contribution < -0.4 is 9.80 Å². The predicted molar refractivity (Wildman–Crippen MR) is 80.7 cm³/mol. The number of hydrogen-bond donors (Lipinski definition) is 0. The molecule has 0 aliphatic carbocycles. The molecule has 1 aliphatic rings. The van der Waals surface area contributed by atoms with Crippen molar-refractivity contribution in [1.29, 1.82) is 0 Å². The standard InChI is InChI=1S/C13H13Cl2N5/c14-11-12(16-13(15)18-17-11)20-8-6-19(7-9-20)10-4-2-1-3-5-10/h1-5H,6-9H2. The molecule has 1 saturated heterocycles. The molecule has 0 spiro atoms. The lowest BCUT2D eigenvalue weighted by Crippen LogP contribution is -2.47. The van der Waals surface area contributed by atoms with Crippen LogP contribution in [0.4, 0.5) is 11.5 Å². The van der Waals surface area contributed by atoms with Gasteiger partial charge in [0.15, 0.2) is 11.0 Å². The van der Waals surface area contributed by atoms with Crippen LogP contribution in [0, 0.1) is 0 Å². The van der Waals surface area contributed by atoms with Crippen LogP contribution in [0.25, 0.3) is 0 Å². The Labute approximate surface area is 127 Å². The first kappa shape index (κ1) is 13.4. The van der Waals surface area contributed by atoms with E-state index in [1.54, 1.807) is 0 Å². The molecule has 2 heterocycles. The lowest BCUT2D eigenvalue weighted by molar-refractivity contribution is 0.644. The predicted octanol–water partition coefficient (Wildman–Crippen LogP) is 2.50. The molecule has 1 aliphatic heterocycles. The van der Waals surface area contributed by atoms with E-state index in [-0.39, 0.29) is 5.28 Å². The summed E-state index contributed by atoms with van der Waals surface area (Å²) in [6, 6.07) is 10.4.